The van der Waals surface area contributed by atoms with E-state index in [-0.39, 0.29) is 18.4 Å². The third-order valence-corrected chi connectivity index (χ3v) is 4.76. The van der Waals surface area contributed by atoms with Crippen LogP contribution in [0.15, 0.2) is 30.3 Å². The van der Waals surface area contributed by atoms with Crippen LogP contribution in [0, 0.1) is 11.8 Å². The first-order chi connectivity index (χ1) is 12.8. The fraction of sp³-hybridized carbons (Fsp3) is 0.550. The number of rotatable bonds is 10. The molecule has 0 saturated carbocycles. The lowest BCUT2D eigenvalue weighted by molar-refractivity contribution is -0.143. The fourth-order valence-electron chi connectivity index (χ4n) is 2.52. The van der Waals surface area contributed by atoms with Crippen LogP contribution < -0.4 is 10.6 Å². The summed E-state index contributed by atoms with van der Waals surface area (Å²) in [6, 6.07) is 7.33. The second-order valence-corrected chi connectivity index (χ2v) is 6.78. The topological polar surface area (TPSA) is 105 Å². The maximum Gasteiger partial charge on any atom is 0.408 e. The lowest BCUT2D eigenvalue weighted by Crippen LogP contribution is -2.55. The average molecular weight is 378 g/mol. The average Bonchev–Trinajstić information content (AvgIpc) is 2.67. The monoisotopic (exact) mass is 378 g/mol. The molecule has 0 unspecified atom stereocenters. The number of hydrogen-bond donors (Lipinski definition) is 3. The molecule has 4 atom stereocenters. The molecule has 1 rings (SSSR count). The number of ether oxygens (including phenoxy) is 1. The maximum atomic E-state index is 12.6. The quantitative estimate of drug-likeness (QED) is 0.581. The van der Waals surface area contributed by atoms with Crippen molar-refractivity contribution in [2.45, 2.75) is 59.2 Å². The molecule has 0 bridgehead atoms. The molecule has 0 aliphatic rings. The number of carboxylic acid groups (broad SMARTS) is 1. The predicted molar refractivity (Wildman–Crippen MR) is 102 cm³/mol. The first-order valence-corrected chi connectivity index (χ1v) is 9.30. The lowest BCUT2D eigenvalue weighted by Gasteiger charge is -2.27. The number of carboxylic acids is 1. The van der Waals surface area contributed by atoms with Gasteiger partial charge in [0.05, 0.1) is 0 Å². The molecule has 1 aromatic rings. The normalized spacial score (nSPS) is 15.1. The SMILES string of the molecule is CC[C@@H](C)[C@H](NC(=O)OCc1ccccc1)C(=O)N[C@H](C(=O)O)[C@@H](C)CC. The van der Waals surface area contributed by atoms with E-state index in [9.17, 15) is 19.5 Å². The van der Waals surface area contributed by atoms with Crippen LogP contribution in [0.2, 0.25) is 0 Å². The Morgan fingerprint density at radius 2 is 1.52 bits per heavy atom. The third-order valence-electron chi connectivity index (χ3n) is 4.76. The Hall–Kier alpha value is -2.57. The molecule has 0 saturated heterocycles. The molecular weight excluding hydrogens is 348 g/mol. The number of carbonyl (C=O) groups is 3. The summed E-state index contributed by atoms with van der Waals surface area (Å²) in [6.07, 6.45) is 0.533. The summed E-state index contributed by atoms with van der Waals surface area (Å²) in [5.74, 6) is -2.02. The largest absolute Gasteiger partial charge is 0.480 e. The highest BCUT2D eigenvalue weighted by Crippen LogP contribution is 2.12. The van der Waals surface area contributed by atoms with Gasteiger partial charge in [0.15, 0.2) is 0 Å². The minimum Gasteiger partial charge on any atom is -0.480 e. The summed E-state index contributed by atoms with van der Waals surface area (Å²) < 4.78 is 5.18. The van der Waals surface area contributed by atoms with Gasteiger partial charge >= 0.3 is 12.1 Å². The zero-order valence-corrected chi connectivity index (χ0v) is 16.4. The number of aliphatic carboxylic acids is 1. The Morgan fingerprint density at radius 1 is 0.963 bits per heavy atom. The Balaban J connectivity index is 2.74. The van der Waals surface area contributed by atoms with Gasteiger partial charge in [-0.25, -0.2) is 9.59 Å². The number of hydrogen-bond acceptors (Lipinski definition) is 4. The van der Waals surface area contributed by atoms with Gasteiger partial charge in [-0.2, -0.15) is 0 Å². The van der Waals surface area contributed by atoms with E-state index >= 15 is 0 Å². The summed E-state index contributed by atoms with van der Waals surface area (Å²) in [4.78, 5) is 36.2. The van der Waals surface area contributed by atoms with Crippen molar-refractivity contribution in [3.63, 3.8) is 0 Å². The molecule has 2 amide bonds. The van der Waals surface area contributed by atoms with Crippen molar-refractivity contribution in [2.75, 3.05) is 0 Å². The summed E-state index contributed by atoms with van der Waals surface area (Å²) in [5.41, 5.74) is 0.833. The summed E-state index contributed by atoms with van der Waals surface area (Å²) in [5, 5.41) is 14.5. The third kappa shape index (κ3) is 7.29. The first-order valence-electron chi connectivity index (χ1n) is 9.30. The van der Waals surface area contributed by atoms with E-state index in [0.717, 1.165) is 5.56 Å². The molecule has 3 N–H and O–H groups in total. The Bertz CT molecular complexity index is 620. The Kier molecular flexibility index (Phi) is 9.33. The predicted octanol–water partition coefficient (Wildman–Crippen LogP) is 2.94. The van der Waals surface area contributed by atoms with Crippen molar-refractivity contribution in [3.8, 4) is 0 Å². The van der Waals surface area contributed by atoms with Crippen molar-refractivity contribution in [1.82, 2.24) is 10.6 Å². The molecular formula is C20H30N2O5. The van der Waals surface area contributed by atoms with Crippen LogP contribution in [0.5, 0.6) is 0 Å². The second-order valence-electron chi connectivity index (χ2n) is 6.78. The van der Waals surface area contributed by atoms with Crippen molar-refractivity contribution in [2.24, 2.45) is 11.8 Å². The van der Waals surface area contributed by atoms with Gasteiger partial charge in [-0.15, -0.1) is 0 Å². The lowest BCUT2D eigenvalue weighted by atomic mass is 9.95. The van der Waals surface area contributed by atoms with Gasteiger partial charge < -0.3 is 20.5 Å². The van der Waals surface area contributed by atoms with Crippen LogP contribution in [0.4, 0.5) is 4.79 Å². The van der Waals surface area contributed by atoms with Gasteiger partial charge in [-0.1, -0.05) is 70.9 Å². The standard InChI is InChI=1S/C20H30N2O5/c1-5-13(3)16(18(23)21-17(19(24)25)14(4)6-2)22-20(26)27-12-15-10-8-7-9-11-15/h7-11,13-14,16-17H,5-6,12H2,1-4H3,(H,21,23)(H,22,26)(H,24,25)/t13-,14+,16+,17+/m1/s1. The van der Waals surface area contributed by atoms with Gasteiger partial charge in [0, 0.05) is 0 Å². The van der Waals surface area contributed by atoms with Gasteiger partial charge in [0.1, 0.15) is 18.7 Å². The zero-order valence-electron chi connectivity index (χ0n) is 16.4. The fourth-order valence-corrected chi connectivity index (χ4v) is 2.52. The van der Waals surface area contributed by atoms with E-state index in [4.69, 9.17) is 4.74 Å². The molecule has 0 aromatic heterocycles. The zero-order chi connectivity index (χ0) is 20.4. The molecule has 150 valence electrons. The molecule has 27 heavy (non-hydrogen) atoms. The van der Waals surface area contributed by atoms with Gasteiger partial charge in [0.25, 0.3) is 0 Å². The van der Waals surface area contributed by atoms with Crippen LogP contribution in [-0.4, -0.2) is 35.2 Å². The van der Waals surface area contributed by atoms with Crippen molar-refractivity contribution in [3.05, 3.63) is 35.9 Å². The first kappa shape index (κ1) is 22.5. The van der Waals surface area contributed by atoms with Crippen molar-refractivity contribution >= 4 is 18.0 Å². The number of benzene rings is 1. The van der Waals surface area contributed by atoms with E-state index in [1.807, 2.05) is 51.1 Å². The highest BCUT2D eigenvalue weighted by atomic mass is 16.5. The molecule has 1 aromatic carbocycles. The molecule has 0 spiro atoms. The maximum absolute atomic E-state index is 12.6. The molecule has 7 nitrogen and oxygen atoms in total. The van der Waals surface area contributed by atoms with Crippen molar-refractivity contribution < 1.29 is 24.2 Å². The smallest absolute Gasteiger partial charge is 0.408 e. The van der Waals surface area contributed by atoms with Crippen LogP contribution >= 0.6 is 0 Å². The second kappa shape index (κ2) is 11.2. The Labute approximate surface area is 160 Å². The number of carbonyl (C=O) groups excluding carboxylic acids is 2. The molecule has 7 heteroatoms. The number of nitrogens with one attached hydrogen (secondary N) is 2. The van der Waals surface area contributed by atoms with E-state index in [0.29, 0.717) is 12.8 Å². The summed E-state index contributed by atoms with van der Waals surface area (Å²) >= 11 is 0. The highest BCUT2D eigenvalue weighted by molar-refractivity contribution is 5.89. The summed E-state index contributed by atoms with van der Waals surface area (Å²) in [7, 11) is 0. The highest BCUT2D eigenvalue weighted by Gasteiger charge is 2.32. The minimum absolute atomic E-state index is 0.0894. The molecule has 0 aliphatic carbocycles. The number of alkyl carbamates (subject to hydrolysis) is 1. The van der Waals surface area contributed by atoms with Crippen molar-refractivity contribution in [1.29, 1.82) is 0 Å². The van der Waals surface area contributed by atoms with Crippen LogP contribution in [-0.2, 0) is 20.9 Å². The van der Waals surface area contributed by atoms with E-state index in [1.54, 1.807) is 6.92 Å². The van der Waals surface area contributed by atoms with Gasteiger partial charge in [0.2, 0.25) is 5.91 Å². The molecule has 0 radical (unpaired) electrons. The minimum atomic E-state index is -1.09. The van der Waals surface area contributed by atoms with Crippen LogP contribution in [0.1, 0.15) is 46.1 Å². The van der Waals surface area contributed by atoms with Crippen LogP contribution in [0.3, 0.4) is 0 Å². The van der Waals surface area contributed by atoms with Gasteiger partial charge in [-0.3, -0.25) is 4.79 Å². The molecule has 0 aliphatic heterocycles. The summed E-state index contributed by atoms with van der Waals surface area (Å²) in [6.45, 7) is 7.43. The van der Waals surface area contributed by atoms with E-state index < -0.39 is 30.1 Å². The Morgan fingerprint density at radius 3 is 2.04 bits per heavy atom. The molecule has 0 heterocycles. The number of amides is 2. The molecule has 0 fully saturated rings. The van der Waals surface area contributed by atoms with E-state index in [1.165, 1.54) is 0 Å². The van der Waals surface area contributed by atoms with Crippen LogP contribution in [0.25, 0.3) is 0 Å². The van der Waals surface area contributed by atoms with Gasteiger partial charge in [-0.05, 0) is 17.4 Å². The van der Waals surface area contributed by atoms with E-state index in [2.05, 4.69) is 10.6 Å².